The van der Waals surface area contributed by atoms with Gasteiger partial charge in [-0.25, -0.2) is 4.98 Å². The summed E-state index contributed by atoms with van der Waals surface area (Å²) in [5, 5.41) is 4.08. The number of ether oxygens (including phenoxy) is 1. The number of fused-ring (bicyclic) bond motifs is 1. The Morgan fingerprint density at radius 2 is 2.00 bits per heavy atom. The van der Waals surface area contributed by atoms with Crippen LogP contribution in [-0.2, 0) is 0 Å². The van der Waals surface area contributed by atoms with Gasteiger partial charge in [0.1, 0.15) is 9.76 Å². The van der Waals surface area contributed by atoms with Gasteiger partial charge in [0.05, 0.1) is 17.5 Å². The van der Waals surface area contributed by atoms with Gasteiger partial charge in [0.25, 0.3) is 5.91 Å². The normalized spacial score (nSPS) is 14.6. The van der Waals surface area contributed by atoms with E-state index in [-0.39, 0.29) is 5.91 Å². The lowest BCUT2D eigenvalue weighted by atomic mass is 10.1. The van der Waals surface area contributed by atoms with E-state index in [4.69, 9.17) is 9.72 Å². The molecule has 0 bridgehead atoms. The Morgan fingerprint density at radius 3 is 2.69 bits per heavy atom. The molecule has 2 aromatic heterocycles. The van der Waals surface area contributed by atoms with Gasteiger partial charge in [-0.3, -0.25) is 4.79 Å². The first-order valence-electron chi connectivity index (χ1n) is 8.75. The number of carbonyl (C=O) groups is 1. The number of hydrogen-bond acceptors (Lipinski definition) is 6. The molecular weight excluding hydrogens is 366 g/mol. The summed E-state index contributed by atoms with van der Waals surface area (Å²) in [5.74, 6) is 0.694. The first-order valence-corrected chi connectivity index (χ1v) is 10.4. The van der Waals surface area contributed by atoms with Crippen LogP contribution in [0.5, 0.6) is 5.75 Å². The summed E-state index contributed by atoms with van der Waals surface area (Å²) in [5.41, 5.74) is 2.70. The second-order valence-corrected chi connectivity index (χ2v) is 8.75. The predicted octanol–water partition coefficient (Wildman–Crippen LogP) is 4.92. The number of amides is 1. The lowest BCUT2D eigenvalue weighted by Crippen LogP contribution is -2.29. The van der Waals surface area contributed by atoms with Crippen molar-refractivity contribution in [3.8, 4) is 5.75 Å². The number of benzene rings is 1. The topological polar surface area (TPSA) is 54.5 Å². The number of piperidine rings is 1. The quantitative estimate of drug-likeness (QED) is 0.690. The van der Waals surface area contributed by atoms with Crippen LogP contribution in [0.4, 0.5) is 10.8 Å². The van der Waals surface area contributed by atoms with Crippen LogP contribution < -0.4 is 15.0 Å². The smallest absolute Gasteiger partial charge is 0.265 e. The number of thiophene rings is 1. The summed E-state index contributed by atoms with van der Waals surface area (Å²) in [6.45, 7) is 4.13. The average Bonchev–Trinajstić information content (AvgIpc) is 3.23. The summed E-state index contributed by atoms with van der Waals surface area (Å²) >= 11 is 3.21. The van der Waals surface area contributed by atoms with Crippen molar-refractivity contribution in [1.82, 2.24) is 4.98 Å². The molecule has 0 atom stereocenters. The van der Waals surface area contributed by atoms with Crippen LogP contribution in [0.15, 0.2) is 24.3 Å². The molecule has 0 spiro atoms. The second-order valence-electron chi connectivity index (χ2n) is 6.46. The summed E-state index contributed by atoms with van der Waals surface area (Å²) in [6.07, 6.45) is 3.79. The predicted molar refractivity (Wildman–Crippen MR) is 109 cm³/mol. The molecule has 0 aliphatic carbocycles. The highest BCUT2D eigenvalue weighted by Gasteiger charge is 2.19. The van der Waals surface area contributed by atoms with Crippen LogP contribution in [-0.4, -0.2) is 31.1 Å². The van der Waals surface area contributed by atoms with Gasteiger partial charge in [0, 0.05) is 18.8 Å². The molecule has 0 saturated carbocycles. The summed E-state index contributed by atoms with van der Waals surface area (Å²) in [4.78, 5) is 20.4. The van der Waals surface area contributed by atoms with Gasteiger partial charge in [-0.2, -0.15) is 0 Å². The van der Waals surface area contributed by atoms with Crippen molar-refractivity contribution >= 4 is 48.9 Å². The van der Waals surface area contributed by atoms with Crippen LogP contribution in [0.1, 0.15) is 34.5 Å². The van der Waals surface area contributed by atoms with Gasteiger partial charge in [0.15, 0.2) is 5.13 Å². The van der Waals surface area contributed by atoms with Crippen molar-refractivity contribution in [2.45, 2.75) is 26.2 Å². The molecule has 26 heavy (non-hydrogen) atoms. The van der Waals surface area contributed by atoms with E-state index in [9.17, 15) is 4.79 Å². The zero-order valence-corrected chi connectivity index (χ0v) is 16.5. The van der Waals surface area contributed by atoms with Crippen molar-refractivity contribution in [2.24, 2.45) is 0 Å². The van der Waals surface area contributed by atoms with Crippen molar-refractivity contribution < 1.29 is 9.53 Å². The Balaban J connectivity index is 1.51. The fourth-order valence-corrected chi connectivity index (χ4v) is 5.36. The van der Waals surface area contributed by atoms with Crippen molar-refractivity contribution in [1.29, 1.82) is 0 Å². The Bertz CT molecular complexity index is 910. The first kappa shape index (κ1) is 17.3. The lowest BCUT2D eigenvalue weighted by Gasteiger charge is -2.25. The van der Waals surface area contributed by atoms with Gasteiger partial charge in [-0.15, -0.1) is 11.3 Å². The molecule has 0 unspecified atom stereocenters. The van der Waals surface area contributed by atoms with Gasteiger partial charge >= 0.3 is 0 Å². The van der Waals surface area contributed by atoms with E-state index in [2.05, 4.69) is 10.2 Å². The molecule has 136 valence electrons. The Morgan fingerprint density at radius 1 is 1.19 bits per heavy atom. The minimum Gasteiger partial charge on any atom is -0.497 e. The third kappa shape index (κ3) is 3.41. The molecule has 1 aliphatic heterocycles. The number of aromatic nitrogens is 1. The third-order valence-corrected chi connectivity index (χ3v) is 6.96. The molecule has 1 saturated heterocycles. The number of thiazole rings is 1. The third-order valence-electron chi connectivity index (χ3n) is 4.61. The standard InChI is InChI=1S/C19H21N3O2S2/c1-12-10-13(24-2)6-7-14(12)20-17(23)16-11-15-18(25-16)26-19(21-15)22-8-4-3-5-9-22/h6-7,10-11H,3-5,8-9H2,1-2H3,(H,20,23). The van der Waals surface area contributed by atoms with E-state index in [1.807, 2.05) is 31.2 Å². The zero-order valence-electron chi connectivity index (χ0n) is 14.9. The molecule has 0 radical (unpaired) electrons. The van der Waals surface area contributed by atoms with E-state index >= 15 is 0 Å². The van der Waals surface area contributed by atoms with Crippen molar-refractivity contribution in [2.75, 3.05) is 30.4 Å². The Hall–Kier alpha value is -2.12. The fraction of sp³-hybridized carbons (Fsp3) is 0.368. The SMILES string of the molecule is COc1ccc(NC(=O)c2cc3nc(N4CCCCC4)sc3s2)c(C)c1. The largest absolute Gasteiger partial charge is 0.497 e. The van der Waals surface area contributed by atoms with E-state index < -0.39 is 0 Å². The maximum Gasteiger partial charge on any atom is 0.265 e. The number of nitrogens with one attached hydrogen (secondary N) is 1. The molecule has 7 heteroatoms. The van der Waals surface area contributed by atoms with E-state index in [0.717, 1.165) is 44.8 Å². The monoisotopic (exact) mass is 387 g/mol. The summed E-state index contributed by atoms with van der Waals surface area (Å²) in [6, 6.07) is 7.53. The van der Waals surface area contributed by atoms with Gasteiger partial charge in [-0.05, 0) is 56.0 Å². The molecule has 3 heterocycles. The van der Waals surface area contributed by atoms with Crippen molar-refractivity contribution in [3.63, 3.8) is 0 Å². The highest BCUT2D eigenvalue weighted by Crippen LogP contribution is 2.36. The lowest BCUT2D eigenvalue weighted by molar-refractivity contribution is 0.103. The number of carbonyl (C=O) groups excluding carboxylic acids is 1. The van der Waals surface area contributed by atoms with Crippen LogP contribution in [0.25, 0.3) is 9.53 Å². The van der Waals surface area contributed by atoms with Gasteiger partial charge in [0.2, 0.25) is 0 Å². The molecule has 3 aromatic rings. The minimum absolute atomic E-state index is 0.0898. The number of rotatable bonds is 4. The average molecular weight is 388 g/mol. The number of aryl methyl sites for hydroxylation is 1. The molecule has 1 aliphatic rings. The van der Waals surface area contributed by atoms with Crippen molar-refractivity contribution in [3.05, 3.63) is 34.7 Å². The number of hydrogen-bond donors (Lipinski definition) is 1. The number of nitrogens with zero attached hydrogens (tertiary/aromatic N) is 2. The molecule has 5 nitrogen and oxygen atoms in total. The maximum absolute atomic E-state index is 12.6. The van der Waals surface area contributed by atoms with E-state index in [0.29, 0.717) is 4.88 Å². The molecule has 1 amide bonds. The van der Waals surface area contributed by atoms with Crippen LogP contribution in [0.2, 0.25) is 0 Å². The van der Waals surface area contributed by atoms with Crippen LogP contribution in [0.3, 0.4) is 0 Å². The summed E-state index contributed by atoms with van der Waals surface area (Å²) in [7, 11) is 1.64. The molecular formula is C19H21N3O2S2. The Kier molecular flexibility index (Phi) is 4.82. The second kappa shape index (κ2) is 7.25. The van der Waals surface area contributed by atoms with Gasteiger partial charge in [-0.1, -0.05) is 11.3 Å². The highest BCUT2D eigenvalue weighted by atomic mass is 32.2. The van der Waals surface area contributed by atoms with Gasteiger partial charge < -0.3 is 15.0 Å². The van der Waals surface area contributed by atoms with Crippen LogP contribution in [0, 0.1) is 6.92 Å². The first-order chi connectivity index (χ1) is 12.6. The highest BCUT2D eigenvalue weighted by molar-refractivity contribution is 7.40. The van der Waals surface area contributed by atoms with E-state index in [1.54, 1.807) is 18.4 Å². The Labute approximate surface area is 160 Å². The molecule has 4 rings (SSSR count). The number of methoxy groups -OCH3 is 1. The molecule has 1 aromatic carbocycles. The number of anilines is 2. The zero-order chi connectivity index (χ0) is 18.1. The van der Waals surface area contributed by atoms with Crippen LogP contribution >= 0.6 is 22.7 Å². The fourth-order valence-electron chi connectivity index (χ4n) is 3.14. The maximum atomic E-state index is 12.6. The minimum atomic E-state index is -0.0898. The molecule has 1 N–H and O–H groups in total. The van der Waals surface area contributed by atoms with E-state index in [1.165, 1.54) is 30.6 Å². The molecule has 1 fully saturated rings. The summed E-state index contributed by atoms with van der Waals surface area (Å²) < 4.78 is 6.32.